The number of aliphatic hydroxyl groups excluding tert-OH is 1. The molecule has 0 radical (unpaired) electrons. The smallest absolute Gasteiger partial charge is 0.307 e. The Morgan fingerprint density at radius 2 is 2.82 bits per heavy atom. The molecule has 0 bridgehead atoms. The van der Waals surface area contributed by atoms with E-state index in [0.717, 1.165) is 0 Å². The fraction of sp³-hybridized carbons (Fsp3) is 0.625. The van der Waals surface area contributed by atoms with Crippen LogP contribution in [0.15, 0.2) is 12.2 Å². The lowest BCUT2D eigenvalue weighted by Crippen LogP contribution is -2.34. The molecule has 60 valence electrons. The van der Waals surface area contributed by atoms with Crippen molar-refractivity contribution in [2.45, 2.75) is 18.4 Å². The molecule has 0 spiro atoms. The van der Waals surface area contributed by atoms with Crippen molar-refractivity contribution in [3.63, 3.8) is 0 Å². The fourth-order valence-corrected chi connectivity index (χ4v) is 1.62. The number of rotatable bonds is 1. The summed E-state index contributed by atoms with van der Waals surface area (Å²) in [5, 5.41) is 9.06. The van der Waals surface area contributed by atoms with Crippen LogP contribution in [0.3, 0.4) is 0 Å². The van der Waals surface area contributed by atoms with Crippen molar-refractivity contribution in [2.24, 2.45) is 5.89 Å². The summed E-state index contributed by atoms with van der Waals surface area (Å²) in [5.41, 5.74) is -1.05. The minimum Gasteiger partial charge on any atom is -0.452 e. The zero-order chi connectivity index (χ0) is 8.82. The van der Waals surface area contributed by atoms with Crippen LogP contribution in [0.5, 0.6) is 0 Å². The predicted octanol–water partition coefficient (Wildman–Crippen LogP) is 0.241. The van der Waals surface area contributed by atoms with Crippen molar-refractivity contribution in [2.75, 3.05) is 6.61 Å². The topological polar surface area (TPSA) is 46.5 Å². The molecule has 2 atom stereocenters. The third-order valence-corrected chi connectivity index (χ3v) is 2.24. The van der Waals surface area contributed by atoms with E-state index in [1.54, 1.807) is 12.2 Å². The van der Waals surface area contributed by atoms with Gasteiger partial charge in [-0.3, -0.25) is 4.79 Å². The lowest BCUT2D eigenvalue weighted by Gasteiger charge is -2.22. The van der Waals surface area contributed by atoms with E-state index in [0.29, 0.717) is 6.42 Å². The van der Waals surface area contributed by atoms with Gasteiger partial charge >= 0.3 is 5.97 Å². The van der Waals surface area contributed by atoms with Gasteiger partial charge in [-0.05, 0) is 12.5 Å². The molecule has 1 heterocycles. The van der Waals surface area contributed by atoms with E-state index in [1.165, 1.54) is 0 Å². The Balaban J connectivity index is 2.40. The lowest BCUT2D eigenvalue weighted by atomic mass is 9.91. The van der Waals surface area contributed by atoms with Gasteiger partial charge in [0.05, 0.1) is 13.0 Å². The van der Waals surface area contributed by atoms with E-state index in [4.69, 9.17) is 11.2 Å². The van der Waals surface area contributed by atoms with Crippen LogP contribution in [0.2, 0.25) is 0 Å². The summed E-state index contributed by atoms with van der Waals surface area (Å²) < 4.78 is 12.9. The van der Waals surface area contributed by atoms with E-state index in [1.807, 2.05) is 0 Å². The normalized spacial score (nSPS) is 48.8. The molecule has 0 unspecified atom stereocenters. The summed E-state index contributed by atoms with van der Waals surface area (Å²) in [4.78, 5) is 10.9. The molecular formula is C8H10O3. The fourth-order valence-electron chi connectivity index (χ4n) is 1.62. The van der Waals surface area contributed by atoms with Crippen molar-refractivity contribution >= 4 is 5.97 Å². The van der Waals surface area contributed by atoms with Crippen molar-refractivity contribution in [1.29, 1.82) is 0 Å². The highest BCUT2D eigenvalue weighted by Crippen LogP contribution is 2.40. The monoisotopic (exact) mass is 155 g/mol. The minimum absolute atomic E-state index is 0.0839. The maximum atomic E-state index is 10.9. The molecule has 0 aromatic heterocycles. The number of hydrogen-bond donors (Lipinski definition) is 1. The zero-order valence-corrected chi connectivity index (χ0v) is 6.04. The molecule has 1 saturated heterocycles. The van der Waals surface area contributed by atoms with Crippen LogP contribution in [0.4, 0.5) is 0 Å². The Labute approximate surface area is 66.1 Å². The van der Waals surface area contributed by atoms with E-state index in [-0.39, 0.29) is 19.0 Å². The number of carbonyl (C=O) groups excluding carboxylic acids is 1. The highest BCUT2D eigenvalue weighted by atomic mass is 16.6. The molecule has 2 aliphatic rings. The third-order valence-electron chi connectivity index (χ3n) is 2.24. The highest BCUT2D eigenvalue weighted by Gasteiger charge is 2.48. The molecule has 1 aliphatic carbocycles. The first-order valence-corrected chi connectivity index (χ1v) is 3.62. The maximum absolute atomic E-state index is 10.9. The Bertz CT molecular complexity index is 263. The van der Waals surface area contributed by atoms with Gasteiger partial charge in [-0.15, -0.1) is 0 Å². The van der Waals surface area contributed by atoms with Gasteiger partial charge in [0, 0.05) is 7.26 Å². The number of fused-ring (bicyclic) bond motifs is 1. The SMILES string of the molecule is [2H][C@]12CC=C[C@@]1(CO)OC(=O)C2. The summed E-state index contributed by atoms with van der Waals surface area (Å²) in [6, 6.07) is 0. The first kappa shape index (κ1) is 5.77. The summed E-state index contributed by atoms with van der Waals surface area (Å²) in [6.07, 6.45) is 3.99. The quantitative estimate of drug-likeness (QED) is 0.436. The molecule has 3 heteroatoms. The van der Waals surface area contributed by atoms with Crippen LogP contribution < -0.4 is 0 Å². The standard InChI is InChI=1S/C8H10O3/c9-5-8-3-1-2-6(8)4-7(10)11-8/h1,3,6,9H,2,4-5H2/t6-,8+/m1/s1/i6D. The van der Waals surface area contributed by atoms with Crippen molar-refractivity contribution in [3.8, 4) is 0 Å². The Kier molecular flexibility index (Phi) is 1.09. The second-order valence-corrected chi connectivity index (χ2v) is 2.91. The van der Waals surface area contributed by atoms with Crippen LogP contribution in [0.1, 0.15) is 14.2 Å². The van der Waals surface area contributed by atoms with Gasteiger partial charge < -0.3 is 9.84 Å². The number of carbonyl (C=O) groups is 1. The number of esters is 1. The van der Waals surface area contributed by atoms with Crippen LogP contribution >= 0.6 is 0 Å². The largest absolute Gasteiger partial charge is 0.452 e. The first-order chi connectivity index (χ1) is 5.62. The molecule has 0 saturated carbocycles. The van der Waals surface area contributed by atoms with E-state index in [2.05, 4.69) is 0 Å². The van der Waals surface area contributed by atoms with E-state index < -0.39 is 11.5 Å². The number of aliphatic hydroxyl groups is 1. The molecule has 0 aromatic rings. The van der Waals surface area contributed by atoms with Gasteiger partial charge in [0.15, 0.2) is 5.60 Å². The van der Waals surface area contributed by atoms with Crippen molar-refractivity contribution in [1.82, 2.24) is 0 Å². The van der Waals surface area contributed by atoms with Gasteiger partial charge in [-0.2, -0.15) is 0 Å². The molecule has 0 aromatic carbocycles. The zero-order valence-electron chi connectivity index (χ0n) is 7.04. The van der Waals surface area contributed by atoms with E-state index in [9.17, 15) is 4.79 Å². The molecule has 2 rings (SSSR count). The number of hydrogen-bond acceptors (Lipinski definition) is 3. The maximum Gasteiger partial charge on any atom is 0.307 e. The van der Waals surface area contributed by atoms with Gasteiger partial charge in [0.1, 0.15) is 0 Å². The average Bonchev–Trinajstić information content (AvgIpc) is 2.38. The van der Waals surface area contributed by atoms with Crippen LogP contribution in [0.25, 0.3) is 0 Å². The molecule has 1 aliphatic heterocycles. The second-order valence-electron chi connectivity index (χ2n) is 2.91. The van der Waals surface area contributed by atoms with Crippen molar-refractivity contribution in [3.05, 3.63) is 12.2 Å². The van der Waals surface area contributed by atoms with Gasteiger partial charge in [0.25, 0.3) is 0 Å². The third kappa shape index (κ3) is 0.807. The van der Waals surface area contributed by atoms with E-state index >= 15 is 0 Å². The molecular weight excluding hydrogens is 144 g/mol. The number of allylic oxidation sites excluding steroid dienone is 1. The Morgan fingerprint density at radius 1 is 2.00 bits per heavy atom. The Morgan fingerprint density at radius 3 is 3.45 bits per heavy atom. The summed E-state index contributed by atoms with van der Waals surface area (Å²) in [7, 11) is 0. The Hall–Kier alpha value is -0.830. The summed E-state index contributed by atoms with van der Waals surface area (Å²) in [5.74, 6) is -1.35. The highest BCUT2D eigenvalue weighted by molar-refractivity contribution is 5.74. The molecule has 1 N–H and O–H groups in total. The number of ether oxygens (including phenoxy) is 1. The molecule has 1 fully saturated rings. The summed E-state index contributed by atoms with van der Waals surface area (Å²) >= 11 is 0. The lowest BCUT2D eigenvalue weighted by molar-refractivity contribution is -0.148. The van der Waals surface area contributed by atoms with Gasteiger partial charge in [-0.25, -0.2) is 0 Å². The second kappa shape index (κ2) is 2.08. The minimum atomic E-state index is -1.05. The summed E-state index contributed by atoms with van der Waals surface area (Å²) in [6.45, 7) is -0.293. The predicted molar refractivity (Wildman–Crippen MR) is 37.8 cm³/mol. The molecule has 3 nitrogen and oxygen atoms in total. The van der Waals surface area contributed by atoms with Gasteiger partial charge in [0.2, 0.25) is 0 Å². The van der Waals surface area contributed by atoms with Crippen LogP contribution in [0, 0.1) is 5.89 Å². The van der Waals surface area contributed by atoms with Gasteiger partial charge in [-0.1, -0.05) is 6.08 Å². The van der Waals surface area contributed by atoms with Crippen LogP contribution in [-0.4, -0.2) is 23.3 Å². The van der Waals surface area contributed by atoms with Crippen LogP contribution in [-0.2, 0) is 9.53 Å². The first-order valence-electron chi connectivity index (χ1n) is 4.12. The average molecular weight is 155 g/mol. The van der Waals surface area contributed by atoms with Crippen molar-refractivity contribution < 1.29 is 16.0 Å². The molecule has 11 heavy (non-hydrogen) atoms. The molecule has 0 amide bonds.